The third-order valence-electron chi connectivity index (χ3n) is 4.37. The van der Waals surface area contributed by atoms with Gasteiger partial charge in [0.05, 0.1) is 12.6 Å². The summed E-state index contributed by atoms with van der Waals surface area (Å²) in [4.78, 5) is 18.0. The standard InChI is InChI=1S/C19H30N4O2S/c1-19(2,26-5)13-21-18(20-12-17(24)23(3)4)22-15-10-11-25-16-9-7-6-8-14(15)16/h6-9,15H,10-13H2,1-5H3,(H2,20,21,22). The lowest BCUT2D eigenvalue weighted by Gasteiger charge is -2.29. The van der Waals surface area contributed by atoms with E-state index in [-0.39, 0.29) is 23.2 Å². The zero-order chi connectivity index (χ0) is 19.2. The van der Waals surface area contributed by atoms with Crippen LogP contribution >= 0.6 is 11.8 Å². The summed E-state index contributed by atoms with van der Waals surface area (Å²) in [5, 5.41) is 6.87. The molecule has 1 amide bonds. The maximum Gasteiger partial charge on any atom is 0.243 e. The van der Waals surface area contributed by atoms with Crippen molar-refractivity contribution < 1.29 is 9.53 Å². The third kappa shape index (κ3) is 5.83. The molecule has 7 heteroatoms. The molecule has 1 unspecified atom stereocenters. The summed E-state index contributed by atoms with van der Waals surface area (Å²) in [5.41, 5.74) is 1.12. The summed E-state index contributed by atoms with van der Waals surface area (Å²) in [6, 6.07) is 8.16. The molecule has 0 aromatic heterocycles. The maximum absolute atomic E-state index is 11.9. The van der Waals surface area contributed by atoms with Crippen LogP contribution in [-0.2, 0) is 4.79 Å². The van der Waals surface area contributed by atoms with E-state index < -0.39 is 0 Å². The number of nitrogens with one attached hydrogen (secondary N) is 2. The van der Waals surface area contributed by atoms with Gasteiger partial charge in [0.25, 0.3) is 0 Å². The van der Waals surface area contributed by atoms with E-state index in [1.165, 1.54) is 0 Å². The van der Waals surface area contributed by atoms with Crippen molar-refractivity contribution >= 4 is 23.6 Å². The highest BCUT2D eigenvalue weighted by Gasteiger charge is 2.23. The molecule has 1 aromatic rings. The number of thioether (sulfide) groups is 1. The fourth-order valence-corrected chi connectivity index (χ4v) is 2.68. The van der Waals surface area contributed by atoms with Crippen LogP contribution in [0.15, 0.2) is 29.3 Å². The zero-order valence-electron chi connectivity index (χ0n) is 16.3. The van der Waals surface area contributed by atoms with E-state index in [2.05, 4.69) is 41.8 Å². The zero-order valence-corrected chi connectivity index (χ0v) is 17.2. The Labute approximate surface area is 160 Å². The Morgan fingerprint density at radius 1 is 1.38 bits per heavy atom. The molecule has 1 aliphatic heterocycles. The molecule has 1 aliphatic rings. The number of aliphatic imine (C=N–C) groups is 1. The molecule has 6 nitrogen and oxygen atoms in total. The van der Waals surface area contributed by atoms with Crippen LogP contribution in [0.3, 0.4) is 0 Å². The summed E-state index contributed by atoms with van der Waals surface area (Å²) in [6.07, 6.45) is 2.95. The Morgan fingerprint density at radius 3 is 2.81 bits per heavy atom. The van der Waals surface area contributed by atoms with Crippen molar-refractivity contribution in [2.45, 2.75) is 31.1 Å². The molecule has 0 aliphatic carbocycles. The fraction of sp³-hybridized carbons (Fsp3) is 0.579. The monoisotopic (exact) mass is 378 g/mol. The maximum atomic E-state index is 11.9. The molecule has 2 rings (SSSR count). The Balaban J connectivity index is 2.13. The highest BCUT2D eigenvalue weighted by Crippen LogP contribution is 2.31. The number of carbonyl (C=O) groups is 1. The highest BCUT2D eigenvalue weighted by atomic mass is 32.2. The van der Waals surface area contributed by atoms with Gasteiger partial charge in [0, 0.05) is 37.4 Å². The molecule has 0 spiro atoms. The van der Waals surface area contributed by atoms with Crippen molar-refractivity contribution in [1.82, 2.24) is 15.5 Å². The van der Waals surface area contributed by atoms with Crippen LogP contribution in [0.4, 0.5) is 0 Å². The second-order valence-electron chi connectivity index (χ2n) is 7.14. The number of guanidine groups is 1. The lowest BCUT2D eigenvalue weighted by atomic mass is 10.0. The number of likely N-dealkylation sites (N-methyl/N-ethyl adjacent to an activating group) is 1. The van der Waals surface area contributed by atoms with Crippen LogP contribution < -0.4 is 15.4 Å². The van der Waals surface area contributed by atoms with Gasteiger partial charge in [-0.1, -0.05) is 18.2 Å². The summed E-state index contributed by atoms with van der Waals surface area (Å²) in [7, 11) is 3.48. The number of amides is 1. The molecule has 0 bridgehead atoms. The fourth-order valence-electron chi connectivity index (χ4n) is 2.47. The number of hydrogen-bond acceptors (Lipinski definition) is 4. The summed E-state index contributed by atoms with van der Waals surface area (Å²) < 4.78 is 5.80. The van der Waals surface area contributed by atoms with Gasteiger partial charge in [-0.25, -0.2) is 4.99 Å². The lowest BCUT2D eigenvalue weighted by Crippen LogP contribution is -2.45. The first-order valence-electron chi connectivity index (χ1n) is 8.84. The van der Waals surface area contributed by atoms with Gasteiger partial charge >= 0.3 is 0 Å². The minimum Gasteiger partial charge on any atom is -0.493 e. The van der Waals surface area contributed by atoms with Gasteiger partial charge in [-0.3, -0.25) is 4.79 Å². The van der Waals surface area contributed by atoms with Gasteiger partial charge in [-0.15, -0.1) is 0 Å². The van der Waals surface area contributed by atoms with Gasteiger partial charge in [0.1, 0.15) is 12.3 Å². The Morgan fingerprint density at radius 2 is 2.12 bits per heavy atom. The van der Waals surface area contributed by atoms with Crippen molar-refractivity contribution in [2.75, 3.05) is 40.0 Å². The normalized spacial score (nSPS) is 17.1. The van der Waals surface area contributed by atoms with Crippen LogP contribution in [0.2, 0.25) is 0 Å². The smallest absolute Gasteiger partial charge is 0.243 e. The van der Waals surface area contributed by atoms with E-state index in [0.29, 0.717) is 12.6 Å². The first-order valence-corrected chi connectivity index (χ1v) is 10.1. The van der Waals surface area contributed by atoms with Crippen LogP contribution in [-0.4, -0.2) is 61.6 Å². The third-order valence-corrected chi connectivity index (χ3v) is 5.62. The summed E-state index contributed by atoms with van der Waals surface area (Å²) in [6.45, 7) is 5.89. The number of benzene rings is 1. The van der Waals surface area contributed by atoms with Gasteiger partial charge in [0.15, 0.2) is 5.96 Å². The Hall–Kier alpha value is -1.89. The van der Waals surface area contributed by atoms with E-state index in [9.17, 15) is 4.79 Å². The van der Waals surface area contributed by atoms with Crippen molar-refractivity contribution in [1.29, 1.82) is 0 Å². The van der Waals surface area contributed by atoms with Crippen LogP contribution in [0, 0.1) is 0 Å². The summed E-state index contributed by atoms with van der Waals surface area (Å²) >= 11 is 1.79. The molecule has 144 valence electrons. The van der Waals surface area contributed by atoms with Crippen molar-refractivity contribution in [3.8, 4) is 5.75 Å². The molecule has 1 atom stereocenters. The number of ether oxygens (including phenoxy) is 1. The van der Waals surface area contributed by atoms with Gasteiger partial charge < -0.3 is 20.3 Å². The molecular weight excluding hydrogens is 348 g/mol. The highest BCUT2D eigenvalue weighted by molar-refractivity contribution is 7.99. The van der Waals surface area contributed by atoms with Crippen molar-refractivity contribution in [3.63, 3.8) is 0 Å². The van der Waals surface area contributed by atoms with E-state index >= 15 is 0 Å². The molecule has 1 aromatic carbocycles. The van der Waals surface area contributed by atoms with Crippen LogP contribution in [0.25, 0.3) is 0 Å². The number of hydrogen-bond donors (Lipinski definition) is 2. The number of fused-ring (bicyclic) bond motifs is 1. The molecular formula is C19H30N4O2S. The van der Waals surface area contributed by atoms with E-state index in [4.69, 9.17) is 4.74 Å². The predicted molar refractivity (Wildman–Crippen MR) is 109 cm³/mol. The molecule has 0 fully saturated rings. The first kappa shape index (κ1) is 20.4. The SMILES string of the molecule is CSC(C)(C)CNC(=NCC(=O)N(C)C)NC1CCOc2ccccc21. The van der Waals surface area contributed by atoms with Gasteiger partial charge in [-0.05, 0) is 26.2 Å². The number of para-hydroxylation sites is 1. The molecule has 0 saturated heterocycles. The molecule has 26 heavy (non-hydrogen) atoms. The van der Waals surface area contributed by atoms with Crippen molar-refractivity contribution in [3.05, 3.63) is 29.8 Å². The minimum absolute atomic E-state index is 0.0254. The quantitative estimate of drug-likeness (QED) is 0.587. The second-order valence-corrected chi connectivity index (χ2v) is 8.66. The number of carbonyl (C=O) groups excluding carboxylic acids is 1. The van der Waals surface area contributed by atoms with E-state index in [1.54, 1.807) is 30.8 Å². The summed E-state index contributed by atoms with van der Waals surface area (Å²) in [5.74, 6) is 1.54. The van der Waals surface area contributed by atoms with Crippen LogP contribution in [0.5, 0.6) is 5.75 Å². The second kappa shape index (κ2) is 9.16. The Kier molecular flexibility index (Phi) is 7.20. The average Bonchev–Trinajstić information content (AvgIpc) is 2.63. The molecule has 0 radical (unpaired) electrons. The van der Waals surface area contributed by atoms with Gasteiger partial charge in [-0.2, -0.15) is 11.8 Å². The van der Waals surface area contributed by atoms with Crippen LogP contribution in [0.1, 0.15) is 31.9 Å². The van der Waals surface area contributed by atoms with E-state index in [0.717, 1.165) is 24.3 Å². The number of nitrogens with zero attached hydrogens (tertiary/aromatic N) is 2. The van der Waals surface area contributed by atoms with Gasteiger partial charge in [0.2, 0.25) is 5.91 Å². The Bertz CT molecular complexity index is 646. The average molecular weight is 379 g/mol. The molecule has 1 heterocycles. The first-order chi connectivity index (χ1) is 12.3. The predicted octanol–water partition coefficient (Wildman–Crippen LogP) is 2.28. The van der Waals surface area contributed by atoms with Crippen molar-refractivity contribution in [2.24, 2.45) is 4.99 Å². The lowest BCUT2D eigenvalue weighted by molar-refractivity contribution is -0.127. The molecule has 2 N–H and O–H groups in total. The largest absolute Gasteiger partial charge is 0.493 e. The molecule has 0 saturated carbocycles. The minimum atomic E-state index is -0.0254. The number of rotatable bonds is 6. The topological polar surface area (TPSA) is 66.0 Å². The van der Waals surface area contributed by atoms with E-state index in [1.807, 2.05) is 18.2 Å².